The van der Waals surface area contributed by atoms with Crippen molar-refractivity contribution in [2.45, 2.75) is 26.3 Å². The molecule has 0 amide bonds. The van der Waals surface area contributed by atoms with Gasteiger partial charge in [-0.05, 0) is 55.2 Å². The third-order valence-corrected chi connectivity index (χ3v) is 6.33. The summed E-state index contributed by atoms with van der Waals surface area (Å²) in [7, 11) is 0. The smallest absolute Gasteiger partial charge is 0.257 e. The molecule has 6 nitrogen and oxygen atoms in total. The number of nitrogens with one attached hydrogen (secondary N) is 1. The Hall–Kier alpha value is -3.12. The number of benzene rings is 2. The Labute approximate surface area is 175 Å². The van der Waals surface area contributed by atoms with Gasteiger partial charge in [0.15, 0.2) is 0 Å². The van der Waals surface area contributed by atoms with Gasteiger partial charge < -0.3 is 9.88 Å². The van der Waals surface area contributed by atoms with Crippen LogP contribution < -0.4 is 10.5 Å². The van der Waals surface area contributed by atoms with Gasteiger partial charge in [-0.25, -0.2) is 9.55 Å². The number of nitrogens with zero attached hydrogens (tertiary/aromatic N) is 4. The number of likely N-dealkylation sites (N-methyl/N-ethyl adjacent to an activating group) is 1. The van der Waals surface area contributed by atoms with Crippen molar-refractivity contribution >= 4 is 27.6 Å². The number of fused-ring (bicyclic) bond motifs is 2. The lowest BCUT2D eigenvalue weighted by molar-refractivity contribution is 0.232. The lowest BCUT2D eigenvalue weighted by Crippen LogP contribution is -2.37. The van der Waals surface area contributed by atoms with Crippen LogP contribution in [0.25, 0.3) is 27.9 Å². The van der Waals surface area contributed by atoms with E-state index in [4.69, 9.17) is 4.98 Å². The quantitative estimate of drug-likeness (QED) is 0.553. The number of anilines is 1. The molecule has 30 heavy (non-hydrogen) atoms. The van der Waals surface area contributed by atoms with Gasteiger partial charge in [-0.1, -0.05) is 32.0 Å². The average Bonchev–Trinajstić information content (AvgIpc) is 3.41. The number of para-hydroxylation sites is 1. The summed E-state index contributed by atoms with van der Waals surface area (Å²) >= 11 is 0. The molecule has 0 aliphatic carbocycles. The number of hydrogen-bond donors (Lipinski definition) is 1. The maximum absolute atomic E-state index is 12.6. The second kappa shape index (κ2) is 7.61. The Morgan fingerprint density at radius 3 is 2.77 bits per heavy atom. The predicted octanol–water partition coefficient (Wildman–Crippen LogP) is 3.79. The zero-order valence-electron chi connectivity index (χ0n) is 17.5. The van der Waals surface area contributed by atoms with Crippen LogP contribution in [0.2, 0.25) is 0 Å². The first-order valence-electron chi connectivity index (χ1n) is 10.8. The summed E-state index contributed by atoms with van der Waals surface area (Å²) < 4.78 is 1.65. The summed E-state index contributed by atoms with van der Waals surface area (Å²) in [6, 6.07) is 18.3. The number of rotatable bonds is 5. The molecule has 154 valence electrons. The summed E-state index contributed by atoms with van der Waals surface area (Å²) in [5.74, 6) is 0.561. The average molecular weight is 402 g/mol. The molecule has 4 aromatic rings. The van der Waals surface area contributed by atoms with E-state index in [1.807, 2.05) is 36.4 Å². The molecule has 1 unspecified atom stereocenters. The van der Waals surface area contributed by atoms with Crippen LogP contribution in [0.3, 0.4) is 0 Å². The van der Waals surface area contributed by atoms with Crippen LogP contribution in [-0.4, -0.2) is 51.7 Å². The van der Waals surface area contributed by atoms with Crippen LogP contribution in [0.4, 0.5) is 5.69 Å². The standard InChI is InChI=1S/C24H27N5O/c1-3-27(4-2)19-13-14-28(16-19)18-10-11-20-21(15-18)26-24(25-20)29-22-8-6-5-7-17(22)9-12-23(29)30/h5-12,15,19H,3-4,13-14,16H2,1-2H3,(H,25,26). The number of aromatic nitrogens is 3. The van der Waals surface area contributed by atoms with E-state index in [9.17, 15) is 4.79 Å². The zero-order valence-corrected chi connectivity index (χ0v) is 17.5. The van der Waals surface area contributed by atoms with E-state index in [-0.39, 0.29) is 5.56 Å². The molecule has 1 saturated heterocycles. The van der Waals surface area contributed by atoms with Gasteiger partial charge in [-0.3, -0.25) is 9.69 Å². The fraction of sp³-hybridized carbons (Fsp3) is 0.333. The minimum Gasteiger partial charge on any atom is -0.370 e. The van der Waals surface area contributed by atoms with Crippen molar-refractivity contribution in [2.75, 3.05) is 31.1 Å². The first-order chi connectivity index (χ1) is 14.7. The van der Waals surface area contributed by atoms with E-state index in [0.717, 1.165) is 48.1 Å². The Morgan fingerprint density at radius 2 is 1.93 bits per heavy atom. The maximum Gasteiger partial charge on any atom is 0.257 e. The van der Waals surface area contributed by atoms with Gasteiger partial charge in [0.2, 0.25) is 5.95 Å². The van der Waals surface area contributed by atoms with Crippen LogP contribution in [0.5, 0.6) is 0 Å². The van der Waals surface area contributed by atoms with Crippen LogP contribution in [0.1, 0.15) is 20.3 Å². The van der Waals surface area contributed by atoms with Crippen LogP contribution in [-0.2, 0) is 0 Å². The van der Waals surface area contributed by atoms with Crippen molar-refractivity contribution in [1.82, 2.24) is 19.4 Å². The second-order valence-electron chi connectivity index (χ2n) is 7.94. The lowest BCUT2D eigenvalue weighted by atomic mass is 10.2. The summed E-state index contributed by atoms with van der Waals surface area (Å²) in [6.45, 7) is 8.78. The molecule has 0 bridgehead atoms. The van der Waals surface area contributed by atoms with Crippen molar-refractivity contribution in [3.8, 4) is 5.95 Å². The topological polar surface area (TPSA) is 57.2 Å². The Kier molecular flexibility index (Phi) is 4.79. The van der Waals surface area contributed by atoms with Crippen LogP contribution in [0.15, 0.2) is 59.4 Å². The molecule has 2 aromatic heterocycles. The van der Waals surface area contributed by atoms with Crippen LogP contribution in [0, 0.1) is 0 Å². The number of aromatic amines is 1. The molecule has 1 N–H and O–H groups in total. The molecule has 1 aliphatic rings. The number of pyridine rings is 1. The molecule has 5 rings (SSSR count). The SMILES string of the molecule is CCN(CC)C1CCN(c2ccc3nc(-n4c(=O)ccc5ccccc54)[nH]c3c2)C1. The van der Waals surface area contributed by atoms with Gasteiger partial charge in [0, 0.05) is 30.9 Å². The molecule has 0 radical (unpaired) electrons. The minimum atomic E-state index is -0.0883. The fourth-order valence-electron chi connectivity index (χ4n) is 4.71. The summed E-state index contributed by atoms with van der Waals surface area (Å²) in [4.78, 5) is 25.7. The van der Waals surface area contributed by atoms with Crippen molar-refractivity contribution in [1.29, 1.82) is 0 Å². The van der Waals surface area contributed by atoms with E-state index < -0.39 is 0 Å². The van der Waals surface area contributed by atoms with Crippen molar-refractivity contribution in [3.05, 3.63) is 65.0 Å². The molecular formula is C24H27N5O. The molecule has 1 atom stereocenters. The highest BCUT2D eigenvalue weighted by Gasteiger charge is 2.26. The van der Waals surface area contributed by atoms with Gasteiger partial charge in [-0.2, -0.15) is 0 Å². The molecule has 1 fully saturated rings. The number of H-pyrrole nitrogens is 1. The monoisotopic (exact) mass is 401 g/mol. The lowest BCUT2D eigenvalue weighted by Gasteiger charge is -2.26. The molecule has 1 aliphatic heterocycles. The van der Waals surface area contributed by atoms with E-state index in [0.29, 0.717) is 12.0 Å². The van der Waals surface area contributed by atoms with E-state index in [1.165, 1.54) is 12.1 Å². The summed E-state index contributed by atoms with van der Waals surface area (Å²) in [5, 5.41) is 1.01. The van der Waals surface area contributed by atoms with Crippen LogP contribution >= 0.6 is 0 Å². The maximum atomic E-state index is 12.6. The Morgan fingerprint density at radius 1 is 1.10 bits per heavy atom. The summed E-state index contributed by atoms with van der Waals surface area (Å²) in [6.07, 6.45) is 1.19. The first-order valence-corrected chi connectivity index (χ1v) is 10.8. The fourth-order valence-corrected chi connectivity index (χ4v) is 4.71. The largest absolute Gasteiger partial charge is 0.370 e. The van der Waals surface area contributed by atoms with Crippen molar-refractivity contribution < 1.29 is 0 Å². The second-order valence-corrected chi connectivity index (χ2v) is 7.94. The Balaban J connectivity index is 1.50. The van der Waals surface area contributed by atoms with E-state index >= 15 is 0 Å². The highest BCUT2D eigenvalue weighted by atomic mass is 16.1. The molecule has 6 heteroatoms. The van der Waals surface area contributed by atoms with Crippen molar-refractivity contribution in [2.24, 2.45) is 0 Å². The molecular weight excluding hydrogens is 374 g/mol. The molecule has 0 saturated carbocycles. The van der Waals surface area contributed by atoms with Gasteiger partial charge >= 0.3 is 0 Å². The third kappa shape index (κ3) is 3.17. The van der Waals surface area contributed by atoms with Gasteiger partial charge in [0.1, 0.15) is 0 Å². The van der Waals surface area contributed by atoms with E-state index in [2.05, 4.69) is 40.8 Å². The molecule has 2 aromatic carbocycles. The van der Waals surface area contributed by atoms with Gasteiger partial charge in [0.25, 0.3) is 5.56 Å². The van der Waals surface area contributed by atoms with Gasteiger partial charge in [0.05, 0.1) is 16.6 Å². The highest BCUT2D eigenvalue weighted by molar-refractivity contribution is 5.83. The van der Waals surface area contributed by atoms with E-state index in [1.54, 1.807) is 10.6 Å². The number of imidazole rings is 1. The zero-order chi connectivity index (χ0) is 20.7. The Bertz CT molecular complexity index is 1250. The van der Waals surface area contributed by atoms with Crippen molar-refractivity contribution in [3.63, 3.8) is 0 Å². The van der Waals surface area contributed by atoms with Gasteiger partial charge in [-0.15, -0.1) is 0 Å². The highest BCUT2D eigenvalue weighted by Crippen LogP contribution is 2.27. The third-order valence-electron chi connectivity index (χ3n) is 6.33. The minimum absolute atomic E-state index is 0.0883. The first kappa shape index (κ1) is 18.9. The molecule has 3 heterocycles. The number of hydrogen-bond acceptors (Lipinski definition) is 4. The molecule has 0 spiro atoms. The predicted molar refractivity (Wildman–Crippen MR) is 123 cm³/mol. The normalized spacial score (nSPS) is 16.9. The summed E-state index contributed by atoms with van der Waals surface area (Å²) in [5.41, 5.74) is 3.79.